The molecule has 0 aliphatic carbocycles. The van der Waals surface area contributed by atoms with Gasteiger partial charge in [0.2, 0.25) is 5.88 Å². The molecule has 0 spiro atoms. The number of aromatic nitrogens is 1. The molecule has 1 saturated heterocycles. The van der Waals surface area contributed by atoms with Crippen molar-refractivity contribution >= 4 is 6.09 Å². The lowest BCUT2D eigenvalue weighted by atomic mass is 9.94. The summed E-state index contributed by atoms with van der Waals surface area (Å²) < 4.78 is 23.7. The number of rotatable bonds is 4. The smallest absolute Gasteiger partial charge is 0.410 e. The van der Waals surface area contributed by atoms with Gasteiger partial charge in [0.05, 0.1) is 18.9 Å². The molecule has 2 heterocycles. The molecule has 1 aromatic heterocycles. The zero-order chi connectivity index (χ0) is 16.1. The first-order valence-electron chi connectivity index (χ1n) is 7.67. The Bertz CT molecular complexity index is 493. The van der Waals surface area contributed by atoms with Crippen LogP contribution in [0.1, 0.15) is 33.6 Å². The second-order valence-corrected chi connectivity index (χ2v) is 6.00. The topological polar surface area (TPSA) is 51.7 Å². The van der Waals surface area contributed by atoms with Crippen LogP contribution in [0.3, 0.4) is 0 Å². The first-order valence-corrected chi connectivity index (χ1v) is 7.67. The molecule has 0 unspecified atom stereocenters. The molecule has 22 heavy (non-hydrogen) atoms. The maximum Gasteiger partial charge on any atom is 0.410 e. The summed E-state index contributed by atoms with van der Waals surface area (Å²) in [4.78, 5) is 17.7. The number of halogens is 1. The Kier molecular flexibility index (Phi) is 5.57. The molecule has 1 aliphatic rings. The van der Waals surface area contributed by atoms with E-state index in [1.165, 1.54) is 12.1 Å². The van der Waals surface area contributed by atoms with Crippen molar-refractivity contribution in [1.82, 2.24) is 9.88 Å². The van der Waals surface area contributed by atoms with E-state index in [0.29, 0.717) is 19.0 Å². The van der Waals surface area contributed by atoms with Crippen molar-refractivity contribution in [1.29, 1.82) is 0 Å². The maximum atomic E-state index is 12.8. The minimum Gasteiger partial charge on any atom is -0.477 e. The fourth-order valence-corrected chi connectivity index (χ4v) is 2.49. The first kappa shape index (κ1) is 16.5. The van der Waals surface area contributed by atoms with Gasteiger partial charge in [-0.05, 0) is 39.7 Å². The molecule has 2 rings (SSSR count). The van der Waals surface area contributed by atoms with Crippen molar-refractivity contribution < 1.29 is 18.7 Å². The third-order valence-electron chi connectivity index (χ3n) is 3.72. The van der Waals surface area contributed by atoms with E-state index in [9.17, 15) is 9.18 Å². The van der Waals surface area contributed by atoms with Gasteiger partial charge < -0.3 is 14.4 Å². The molecule has 0 aromatic carbocycles. The molecule has 1 aromatic rings. The Hall–Kier alpha value is -1.85. The number of carbonyl (C=O) groups is 1. The molecular weight excluding hydrogens is 287 g/mol. The lowest BCUT2D eigenvalue weighted by molar-refractivity contribution is 0.0381. The van der Waals surface area contributed by atoms with Crippen LogP contribution in [-0.4, -0.2) is 41.3 Å². The van der Waals surface area contributed by atoms with Gasteiger partial charge in [0.1, 0.15) is 5.82 Å². The van der Waals surface area contributed by atoms with Crippen LogP contribution in [0.5, 0.6) is 5.88 Å². The highest BCUT2D eigenvalue weighted by Crippen LogP contribution is 2.23. The molecule has 0 N–H and O–H groups in total. The third-order valence-corrected chi connectivity index (χ3v) is 3.72. The fourth-order valence-electron chi connectivity index (χ4n) is 2.49. The van der Waals surface area contributed by atoms with Gasteiger partial charge in [-0.2, -0.15) is 0 Å². The molecule has 1 aliphatic heterocycles. The van der Waals surface area contributed by atoms with Crippen LogP contribution in [0, 0.1) is 11.7 Å². The van der Waals surface area contributed by atoms with Gasteiger partial charge >= 0.3 is 6.09 Å². The Morgan fingerprint density at radius 1 is 1.45 bits per heavy atom. The lowest BCUT2D eigenvalue weighted by Gasteiger charge is -2.37. The van der Waals surface area contributed by atoms with Crippen LogP contribution >= 0.6 is 0 Å². The average molecular weight is 310 g/mol. The highest BCUT2D eigenvalue weighted by molar-refractivity contribution is 5.68. The van der Waals surface area contributed by atoms with E-state index in [4.69, 9.17) is 9.47 Å². The number of amides is 1. The van der Waals surface area contributed by atoms with E-state index in [-0.39, 0.29) is 30.0 Å². The number of pyridine rings is 1. The van der Waals surface area contributed by atoms with Gasteiger partial charge in [0, 0.05) is 24.6 Å². The average Bonchev–Trinajstić information content (AvgIpc) is 2.47. The Balaban J connectivity index is 1.87. The van der Waals surface area contributed by atoms with E-state index in [1.807, 2.05) is 20.8 Å². The summed E-state index contributed by atoms with van der Waals surface area (Å²) in [5.74, 6) is 0.237. The van der Waals surface area contributed by atoms with Gasteiger partial charge in [0.25, 0.3) is 0 Å². The summed E-state index contributed by atoms with van der Waals surface area (Å²) in [6, 6.07) is 3.00. The SMILES string of the molecule is CC(C)OC(=O)N1C[C@H](COc2ccc(F)cn2)CC[C@H]1C. The van der Waals surface area contributed by atoms with Crippen LogP contribution in [0.25, 0.3) is 0 Å². The molecular formula is C16H23FN2O3. The van der Waals surface area contributed by atoms with E-state index in [0.717, 1.165) is 19.0 Å². The van der Waals surface area contributed by atoms with Crippen LogP contribution in [0.2, 0.25) is 0 Å². The van der Waals surface area contributed by atoms with Crippen molar-refractivity contribution in [2.45, 2.75) is 45.8 Å². The molecule has 2 atom stereocenters. The number of hydrogen-bond donors (Lipinski definition) is 0. The summed E-state index contributed by atoms with van der Waals surface area (Å²) in [5, 5.41) is 0. The number of likely N-dealkylation sites (tertiary alicyclic amines) is 1. The predicted molar refractivity (Wildman–Crippen MR) is 80.2 cm³/mol. The van der Waals surface area contributed by atoms with Crippen LogP contribution < -0.4 is 4.74 Å². The predicted octanol–water partition coefficient (Wildman–Crippen LogP) is 3.25. The molecule has 5 nitrogen and oxygen atoms in total. The quantitative estimate of drug-likeness (QED) is 0.856. The molecule has 1 amide bonds. The molecule has 0 bridgehead atoms. The van der Waals surface area contributed by atoms with Crippen LogP contribution in [-0.2, 0) is 4.74 Å². The van der Waals surface area contributed by atoms with Crippen molar-refractivity contribution in [2.75, 3.05) is 13.2 Å². The molecule has 122 valence electrons. The standard InChI is InChI=1S/C16H23FN2O3/c1-11(2)22-16(20)19-9-13(5-4-12(19)3)10-21-15-7-6-14(17)8-18-15/h6-8,11-13H,4-5,9-10H2,1-3H3/t12-,13-/m1/s1. The normalized spacial score (nSPS) is 21.8. The third kappa shape index (κ3) is 4.58. The monoisotopic (exact) mass is 310 g/mol. The molecule has 0 saturated carbocycles. The highest BCUT2D eigenvalue weighted by atomic mass is 19.1. The van der Waals surface area contributed by atoms with E-state index < -0.39 is 0 Å². The van der Waals surface area contributed by atoms with Crippen LogP contribution in [0.15, 0.2) is 18.3 Å². The van der Waals surface area contributed by atoms with E-state index >= 15 is 0 Å². The number of carbonyl (C=O) groups excluding carboxylic acids is 1. The largest absolute Gasteiger partial charge is 0.477 e. The van der Waals surface area contributed by atoms with Crippen molar-refractivity contribution in [3.63, 3.8) is 0 Å². The molecule has 1 fully saturated rings. The van der Waals surface area contributed by atoms with Crippen molar-refractivity contribution in [3.05, 3.63) is 24.1 Å². The first-order chi connectivity index (χ1) is 10.5. The number of nitrogens with zero attached hydrogens (tertiary/aromatic N) is 2. The molecule has 0 radical (unpaired) electrons. The zero-order valence-corrected chi connectivity index (χ0v) is 13.3. The Labute approximate surface area is 130 Å². The highest BCUT2D eigenvalue weighted by Gasteiger charge is 2.30. The van der Waals surface area contributed by atoms with Gasteiger partial charge in [0.15, 0.2) is 0 Å². The number of ether oxygens (including phenoxy) is 2. The van der Waals surface area contributed by atoms with Gasteiger partial charge in [-0.3, -0.25) is 0 Å². The summed E-state index contributed by atoms with van der Waals surface area (Å²) >= 11 is 0. The van der Waals surface area contributed by atoms with Crippen LogP contribution in [0.4, 0.5) is 9.18 Å². The van der Waals surface area contributed by atoms with Crippen molar-refractivity contribution in [2.24, 2.45) is 5.92 Å². The van der Waals surface area contributed by atoms with Gasteiger partial charge in [-0.1, -0.05) is 0 Å². The minimum absolute atomic E-state index is 0.125. The second-order valence-electron chi connectivity index (χ2n) is 6.00. The summed E-state index contributed by atoms with van der Waals surface area (Å²) in [6.07, 6.45) is 2.63. The van der Waals surface area contributed by atoms with E-state index in [1.54, 1.807) is 4.90 Å². The number of hydrogen-bond acceptors (Lipinski definition) is 4. The van der Waals surface area contributed by atoms with Gasteiger partial charge in [-0.15, -0.1) is 0 Å². The maximum absolute atomic E-state index is 12.8. The number of piperidine rings is 1. The molecule has 6 heteroatoms. The Morgan fingerprint density at radius 2 is 2.23 bits per heavy atom. The second kappa shape index (κ2) is 7.42. The van der Waals surface area contributed by atoms with E-state index in [2.05, 4.69) is 4.98 Å². The fraction of sp³-hybridized carbons (Fsp3) is 0.625. The summed E-state index contributed by atoms with van der Waals surface area (Å²) in [6.45, 7) is 6.77. The zero-order valence-electron chi connectivity index (χ0n) is 13.3. The minimum atomic E-state index is -0.388. The summed E-state index contributed by atoms with van der Waals surface area (Å²) in [7, 11) is 0. The van der Waals surface area contributed by atoms with Gasteiger partial charge in [-0.25, -0.2) is 14.2 Å². The Morgan fingerprint density at radius 3 is 2.86 bits per heavy atom. The van der Waals surface area contributed by atoms with Crippen molar-refractivity contribution in [3.8, 4) is 5.88 Å². The lowest BCUT2D eigenvalue weighted by Crippen LogP contribution is -2.47. The summed E-state index contributed by atoms with van der Waals surface area (Å²) in [5.41, 5.74) is 0.